The number of nitrogens with two attached hydrogens (primary N) is 6. The van der Waals surface area contributed by atoms with Gasteiger partial charge in [0.05, 0.1) is 0 Å². The molecule has 0 saturated carbocycles. The molecule has 0 radical (unpaired) electrons. The standard InChI is InChI=1S/C14H28N10/c15-11(16)23-13(19)21-7-5-9-1-2-10(4-3-9)6-8-22-14(20)24-12(17)18/h1-2,9-10H,3-8H2,(H6,15,16,19,21,23)(H6,17,18,20,22,24). The van der Waals surface area contributed by atoms with Gasteiger partial charge < -0.3 is 34.4 Å². The van der Waals surface area contributed by atoms with E-state index in [9.17, 15) is 0 Å². The van der Waals surface area contributed by atoms with Crippen LogP contribution in [0.3, 0.4) is 0 Å². The van der Waals surface area contributed by atoms with Crippen molar-refractivity contribution in [3.63, 3.8) is 0 Å². The molecule has 24 heavy (non-hydrogen) atoms. The lowest BCUT2D eigenvalue weighted by molar-refractivity contribution is 0.427. The van der Waals surface area contributed by atoms with E-state index in [0.29, 0.717) is 24.9 Å². The molecule has 0 aromatic rings. The molecule has 0 heterocycles. The van der Waals surface area contributed by atoms with E-state index in [1.807, 2.05) is 0 Å². The summed E-state index contributed by atoms with van der Waals surface area (Å²) in [5, 5.41) is 0. The minimum Gasteiger partial charge on any atom is -0.370 e. The van der Waals surface area contributed by atoms with E-state index in [1.54, 1.807) is 0 Å². The summed E-state index contributed by atoms with van der Waals surface area (Å²) in [6.07, 6.45) is 8.49. The molecule has 0 bridgehead atoms. The molecule has 0 aromatic carbocycles. The summed E-state index contributed by atoms with van der Waals surface area (Å²) < 4.78 is 0. The second kappa shape index (κ2) is 10.1. The Morgan fingerprint density at radius 1 is 0.708 bits per heavy atom. The van der Waals surface area contributed by atoms with E-state index < -0.39 is 0 Å². The molecule has 10 nitrogen and oxygen atoms in total. The molecule has 0 fully saturated rings. The van der Waals surface area contributed by atoms with Crippen LogP contribution in [0, 0.1) is 11.8 Å². The molecule has 10 heteroatoms. The van der Waals surface area contributed by atoms with Crippen LogP contribution in [-0.2, 0) is 0 Å². The SMILES string of the molecule is NC(N)=NC(N)=NCCC1C=CC(CCN=C(N)N=C(N)N)CC1. The summed E-state index contributed by atoms with van der Waals surface area (Å²) in [7, 11) is 0. The highest BCUT2D eigenvalue weighted by atomic mass is 15.1. The van der Waals surface area contributed by atoms with Gasteiger partial charge in [-0.1, -0.05) is 12.2 Å². The maximum Gasteiger partial charge on any atom is 0.218 e. The molecule has 2 unspecified atom stereocenters. The summed E-state index contributed by atoms with van der Waals surface area (Å²) in [4.78, 5) is 15.6. The predicted molar refractivity (Wildman–Crippen MR) is 99.2 cm³/mol. The zero-order valence-corrected chi connectivity index (χ0v) is 13.8. The van der Waals surface area contributed by atoms with E-state index in [1.165, 1.54) is 0 Å². The molecular weight excluding hydrogens is 308 g/mol. The highest BCUT2D eigenvalue weighted by molar-refractivity contribution is 5.92. The Morgan fingerprint density at radius 3 is 1.38 bits per heavy atom. The lowest BCUT2D eigenvalue weighted by Gasteiger charge is -2.21. The second-order valence-electron chi connectivity index (χ2n) is 5.61. The van der Waals surface area contributed by atoms with Crippen LogP contribution in [0.1, 0.15) is 25.7 Å². The van der Waals surface area contributed by atoms with E-state index in [4.69, 9.17) is 34.4 Å². The zero-order chi connectivity index (χ0) is 17.9. The van der Waals surface area contributed by atoms with E-state index in [-0.39, 0.29) is 23.8 Å². The first-order valence-corrected chi connectivity index (χ1v) is 7.84. The largest absolute Gasteiger partial charge is 0.370 e. The molecule has 12 N–H and O–H groups in total. The van der Waals surface area contributed by atoms with Crippen molar-refractivity contribution in [2.45, 2.75) is 25.7 Å². The van der Waals surface area contributed by atoms with Crippen LogP contribution in [0.5, 0.6) is 0 Å². The van der Waals surface area contributed by atoms with Gasteiger partial charge in [0, 0.05) is 13.1 Å². The van der Waals surface area contributed by atoms with Gasteiger partial charge in [0.25, 0.3) is 0 Å². The minimum absolute atomic E-state index is 0.0835. The molecule has 0 aliphatic heterocycles. The topological polar surface area (TPSA) is 206 Å². The molecule has 134 valence electrons. The number of hydrogen-bond donors (Lipinski definition) is 6. The minimum atomic E-state index is -0.0835. The quantitative estimate of drug-likeness (QED) is 0.193. The Bertz CT molecular complexity index is 490. The normalized spacial score (nSPS) is 21.3. The van der Waals surface area contributed by atoms with Crippen LogP contribution in [0.4, 0.5) is 0 Å². The lowest BCUT2D eigenvalue weighted by atomic mass is 9.85. The van der Waals surface area contributed by atoms with Crippen molar-refractivity contribution >= 4 is 23.8 Å². The number of rotatable bonds is 6. The first-order chi connectivity index (χ1) is 11.4. The van der Waals surface area contributed by atoms with E-state index in [2.05, 4.69) is 32.1 Å². The fraction of sp³-hybridized carbons (Fsp3) is 0.571. The first-order valence-electron chi connectivity index (χ1n) is 7.84. The number of allylic oxidation sites excluding steroid dienone is 2. The second-order valence-corrected chi connectivity index (χ2v) is 5.61. The summed E-state index contributed by atoms with van der Waals surface area (Å²) in [6, 6.07) is 0. The number of hydrogen-bond acceptors (Lipinski definition) is 2. The van der Waals surface area contributed by atoms with Gasteiger partial charge in [-0.25, -0.2) is 0 Å². The van der Waals surface area contributed by atoms with Gasteiger partial charge in [0.1, 0.15) is 0 Å². The van der Waals surface area contributed by atoms with Gasteiger partial charge in [0.2, 0.25) is 11.9 Å². The van der Waals surface area contributed by atoms with Crippen molar-refractivity contribution < 1.29 is 0 Å². The molecule has 0 amide bonds. The van der Waals surface area contributed by atoms with Crippen molar-refractivity contribution in [3.8, 4) is 0 Å². The highest BCUT2D eigenvalue weighted by Gasteiger charge is 2.15. The molecular formula is C14H28N10. The Labute approximate surface area is 141 Å². The first kappa shape index (κ1) is 19.3. The van der Waals surface area contributed by atoms with Crippen LogP contribution in [0.2, 0.25) is 0 Å². The smallest absolute Gasteiger partial charge is 0.218 e. The van der Waals surface area contributed by atoms with Gasteiger partial charge in [-0.3, -0.25) is 9.98 Å². The van der Waals surface area contributed by atoms with Crippen LogP contribution >= 0.6 is 0 Å². The van der Waals surface area contributed by atoms with Crippen molar-refractivity contribution in [2.24, 2.45) is 66.2 Å². The Balaban J connectivity index is 2.32. The fourth-order valence-corrected chi connectivity index (χ4v) is 2.44. The van der Waals surface area contributed by atoms with Crippen molar-refractivity contribution in [1.82, 2.24) is 0 Å². The van der Waals surface area contributed by atoms with Crippen molar-refractivity contribution in [1.29, 1.82) is 0 Å². The number of guanidine groups is 4. The molecule has 0 spiro atoms. The third kappa shape index (κ3) is 8.61. The molecule has 1 aliphatic carbocycles. The monoisotopic (exact) mass is 336 g/mol. The average molecular weight is 336 g/mol. The summed E-state index contributed by atoms with van der Waals surface area (Å²) in [5.41, 5.74) is 32.0. The Morgan fingerprint density at radius 2 is 1.08 bits per heavy atom. The van der Waals surface area contributed by atoms with Crippen LogP contribution in [0.15, 0.2) is 32.1 Å². The van der Waals surface area contributed by atoms with Crippen LogP contribution in [0.25, 0.3) is 0 Å². The molecule has 1 aliphatic rings. The Kier molecular flexibility index (Phi) is 8.09. The number of nitrogens with zero attached hydrogens (tertiary/aromatic N) is 4. The van der Waals surface area contributed by atoms with Crippen molar-refractivity contribution in [2.75, 3.05) is 13.1 Å². The average Bonchev–Trinajstić information content (AvgIpc) is 2.47. The van der Waals surface area contributed by atoms with Gasteiger partial charge in [-0.05, 0) is 37.5 Å². The third-order valence-electron chi connectivity index (χ3n) is 3.60. The van der Waals surface area contributed by atoms with Crippen molar-refractivity contribution in [3.05, 3.63) is 12.2 Å². The molecule has 0 aromatic heterocycles. The van der Waals surface area contributed by atoms with Gasteiger partial charge in [-0.2, -0.15) is 9.98 Å². The van der Waals surface area contributed by atoms with E-state index in [0.717, 1.165) is 25.7 Å². The number of aliphatic imine (C=N–C) groups is 4. The van der Waals surface area contributed by atoms with Gasteiger partial charge >= 0.3 is 0 Å². The fourth-order valence-electron chi connectivity index (χ4n) is 2.44. The maximum atomic E-state index is 5.56. The van der Waals surface area contributed by atoms with E-state index >= 15 is 0 Å². The molecule has 1 rings (SSSR count). The highest BCUT2D eigenvalue weighted by Crippen LogP contribution is 2.26. The van der Waals surface area contributed by atoms with Crippen LogP contribution < -0.4 is 34.4 Å². The van der Waals surface area contributed by atoms with Gasteiger partial charge in [0.15, 0.2) is 11.9 Å². The summed E-state index contributed by atoms with van der Waals surface area (Å²) in [6.45, 7) is 1.20. The molecule has 0 saturated heterocycles. The van der Waals surface area contributed by atoms with Gasteiger partial charge in [-0.15, -0.1) is 0 Å². The lowest BCUT2D eigenvalue weighted by Crippen LogP contribution is -2.26. The summed E-state index contributed by atoms with van der Waals surface area (Å²) in [5.74, 6) is 1.05. The Hall–Kier alpha value is -2.78. The zero-order valence-electron chi connectivity index (χ0n) is 13.8. The maximum absolute atomic E-state index is 5.56. The third-order valence-corrected chi connectivity index (χ3v) is 3.60. The predicted octanol–water partition coefficient (Wildman–Crippen LogP) is -1.47. The van der Waals surface area contributed by atoms with Crippen LogP contribution in [-0.4, -0.2) is 36.9 Å². The molecule has 2 atom stereocenters. The summed E-state index contributed by atoms with van der Waals surface area (Å²) >= 11 is 0.